The molecule has 4 aromatic rings. The normalized spacial score (nSPS) is 13.4. The Labute approximate surface area is 200 Å². The van der Waals surface area contributed by atoms with Crippen LogP contribution in [0, 0.1) is 0 Å². The van der Waals surface area contributed by atoms with E-state index in [1.165, 1.54) is 0 Å². The van der Waals surface area contributed by atoms with Gasteiger partial charge in [-0.25, -0.2) is 0 Å². The summed E-state index contributed by atoms with van der Waals surface area (Å²) in [7, 11) is -3.40. The monoisotopic (exact) mass is 467 g/mol. The second-order valence-corrected chi connectivity index (χ2v) is 10.4. The molecule has 0 unspecified atom stereocenters. The number of rotatable bonds is 9. The van der Waals surface area contributed by atoms with Crippen LogP contribution in [0.15, 0.2) is 127 Å². The van der Waals surface area contributed by atoms with Gasteiger partial charge in [0.1, 0.15) is 6.10 Å². The second kappa shape index (κ2) is 11.0. The summed E-state index contributed by atoms with van der Waals surface area (Å²) in [5.41, 5.74) is 1.30. The van der Waals surface area contributed by atoms with Crippen molar-refractivity contribution in [3.05, 3.63) is 139 Å². The fraction of sp³-hybridized carbons (Fsp3) is 0.0690. The molecule has 0 bridgehead atoms. The minimum Gasteiger partial charge on any atom is -0.383 e. The van der Waals surface area contributed by atoms with E-state index < -0.39 is 25.2 Å². The van der Waals surface area contributed by atoms with E-state index in [4.69, 9.17) is 0 Å². The van der Waals surface area contributed by atoms with E-state index in [2.05, 4.69) is 5.09 Å². The Morgan fingerprint density at radius 1 is 0.706 bits per heavy atom. The van der Waals surface area contributed by atoms with Crippen molar-refractivity contribution in [2.24, 2.45) is 0 Å². The van der Waals surface area contributed by atoms with Crippen molar-refractivity contribution in [2.45, 2.75) is 12.1 Å². The second-order valence-electron chi connectivity index (χ2n) is 7.88. The molecule has 0 amide bonds. The molecule has 0 saturated carbocycles. The number of hydrogen-bond donors (Lipinski definition) is 2. The predicted octanol–water partition coefficient (Wildman–Crippen LogP) is 4.83. The van der Waals surface area contributed by atoms with Gasteiger partial charge in [-0.3, -0.25) is 14.4 Å². The van der Waals surface area contributed by atoms with E-state index in [9.17, 15) is 14.5 Å². The molecule has 2 atom stereocenters. The van der Waals surface area contributed by atoms with Crippen molar-refractivity contribution >= 4 is 29.8 Å². The van der Waals surface area contributed by atoms with Crippen LogP contribution in [-0.2, 0) is 4.57 Å². The molecule has 5 heteroatoms. The molecule has 0 spiro atoms. The van der Waals surface area contributed by atoms with E-state index in [0.29, 0.717) is 16.2 Å². The van der Waals surface area contributed by atoms with Crippen LogP contribution >= 0.6 is 7.29 Å². The number of carbonyl (C=O) groups excluding carboxylic acids is 1. The quantitative estimate of drug-likeness (QED) is 0.273. The minimum absolute atomic E-state index is 0.393. The number of carbonyl (C=O) groups is 1. The van der Waals surface area contributed by atoms with E-state index in [0.717, 1.165) is 5.56 Å². The summed E-state index contributed by atoms with van der Waals surface area (Å²) in [4.78, 5) is 13.1. The van der Waals surface area contributed by atoms with Crippen LogP contribution in [0.25, 0.3) is 6.08 Å². The number of ketones is 1. The maximum Gasteiger partial charge on any atom is 0.205 e. The number of aliphatic hydroxyl groups excluding tert-OH is 1. The Morgan fingerprint density at radius 2 is 1.15 bits per heavy atom. The van der Waals surface area contributed by atoms with Gasteiger partial charge in [-0.1, -0.05) is 109 Å². The van der Waals surface area contributed by atoms with Crippen molar-refractivity contribution in [1.82, 2.24) is 5.09 Å². The SMILES string of the molecule is O=C(c1ccccc1)[C@H](O)[C@H](/C=C/c1ccccc1)NP(=O)(c1ccccc1)c1ccccc1. The van der Waals surface area contributed by atoms with Gasteiger partial charge in [0.05, 0.1) is 6.04 Å². The third kappa shape index (κ3) is 5.49. The number of nitrogens with one attached hydrogen (secondary N) is 1. The smallest absolute Gasteiger partial charge is 0.205 e. The van der Waals surface area contributed by atoms with Crippen molar-refractivity contribution in [3.63, 3.8) is 0 Å². The molecule has 4 aromatic carbocycles. The summed E-state index contributed by atoms with van der Waals surface area (Å²) < 4.78 is 14.5. The fourth-order valence-electron chi connectivity index (χ4n) is 3.72. The van der Waals surface area contributed by atoms with Gasteiger partial charge in [-0.05, 0) is 29.8 Å². The van der Waals surface area contributed by atoms with E-state index in [1.807, 2.05) is 78.9 Å². The molecule has 0 saturated heterocycles. The Hall–Kier alpha value is -3.56. The summed E-state index contributed by atoms with van der Waals surface area (Å²) in [5, 5.41) is 15.6. The van der Waals surface area contributed by atoms with Crippen LogP contribution in [-0.4, -0.2) is 23.0 Å². The highest BCUT2D eigenvalue weighted by molar-refractivity contribution is 7.77. The lowest BCUT2D eigenvalue weighted by molar-refractivity contribution is 0.0714. The molecule has 0 aliphatic rings. The van der Waals surface area contributed by atoms with Gasteiger partial charge >= 0.3 is 0 Å². The van der Waals surface area contributed by atoms with Crippen LogP contribution in [0.2, 0.25) is 0 Å². The van der Waals surface area contributed by atoms with Crippen molar-refractivity contribution < 1.29 is 14.5 Å². The lowest BCUT2D eigenvalue weighted by Gasteiger charge is -2.28. The maximum atomic E-state index is 14.5. The Bertz CT molecular complexity index is 1230. The standard InChI is InChI=1S/C29H26NO3P/c31-28(24-15-7-2-8-16-24)29(32)27(22-21-23-13-5-1-6-14-23)30-34(33,25-17-9-3-10-18-25)26-19-11-4-12-20-26/h1-22,27,29,32H,(H,30,33)/b22-21+/t27-,29+/m0/s1. The molecule has 0 heterocycles. The van der Waals surface area contributed by atoms with E-state index >= 15 is 0 Å². The zero-order valence-electron chi connectivity index (χ0n) is 18.6. The summed E-state index contributed by atoms with van der Waals surface area (Å²) in [6.45, 7) is 0. The van der Waals surface area contributed by atoms with Crippen LogP contribution in [0.3, 0.4) is 0 Å². The maximum absolute atomic E-state index is 14.5. The first kappa shape index (κ1) is 23.6. The molecule has 0 aliphatic heterocycles. The van der Waals surface area contributed by atoms with Crippen LogP contribution in [0.5, 0.6) is 0 Å². The van der Waals surface area contributed by atoms with Gasteiger partial charge in [0.25, 0.3) is 0 Å². The molecule has 2 N–H and O–H groups in total. The zero-order chi connectivity index (χ0) is 23.8. The zero-order valence-corrected chi connectivity index (χ0v) is 19.5. The molecule has 0 aliphatic carbocycles. The molecule has 170 valence electrons. The molecule has 0 aromatic heterocycles. The van der Waals surface area contributed by atoms with Gasteiger partial charge in [-0.2, -0.15) is 0 Å². The van der Waals surface area contributed by atoms with Crippen LogP contribution < -0.4 is 15.7 Å². The molecule has 0 fully saturated rings. The van der Waals surface area contributed by atoms with Gasteiger partial charge in [-0.15, -0.1) is 0 Å². The first-order valence-corrected chi connectivity index (χ1v) is 12.8. The highest BCUT2D eigenvalue weighted by Gasteiger charge is 2.34. The Balaban J connectivity index is 1.75. The van der Waals surface area contributed by atoms with Gasteiger partial charge in [0.2, 0.25) is 7.29 Å². The van der Waals surface area contributed by atoms with Gasteiger partial charge in [0.15, 0.2) is 5.78 Å². The van der Waals surface area contributed by atoms with Gasteiger partial charge in [0, 0.05) is 16.2 Å². The average molecular weight is 468 g/mol. The van der Waals surface area contributed by atoms with Crippen LogP contribution in [0.1, 0.15) is 15.9 Å². The summed E-state index contributed by atoms with van der Waals surface area (Å²) in [5.74, 6) is -0.441. The minimum atomic E-state index is -3.40. The van der Waals surface area contributed by atoms with Crippen molar-refractivity contribution in [2.75, 3.05) is 0 Å². The third-order valence-corrected chi connectivity index (χ3v) is 8.25. The topological polar surface area (TPSA) is 66.4 Å². The predicted molar refractivity (Wildman–Crippen MR) is 139 cm³/mol. The van der Waals surface area contributed by atoms with Crippen LogP contribution in [0.4, 0.5) is 0 Å². The van der Waals surface area contributed by atoms with Crippen molar-refractivity contribution in [3.8, 4) is 0 Å². The highest BCUT2D eigenvalue weighted by atomic mass is 31.2. The number of Topliss-reactive ketones (excluding diaryl/α,β-unsaturated/α-hetero) is 1. The first-order chi connectivity index (χ1) is 16.6. The molecular formula is C29H26NO3P. The number of hydrogen-bond acceptors (Lipinski definition) is 3. The molecule has 34 heavy (non-hydrogen) atoms. The van der Waals surface area contributed by atoms with Crippen molar-refractivity contribution in [1.29, 1.82) is 0 Å². The highest BCUT2D eigenvalue weighted by Crippen LogP contribution is 2.40. The lowest BCUT2D eigenvalue weighted by Crippen LogP contribution is -2.44. The first-order valence-electron chi connectivity index (χ1n) is 11.1. The lowest BCUT2D eigenvalue weighted by atomic mass is 10.00. The summed E-state index contributed by atoms with van der Waals surface area (Å²) in [6.07, 6.45) is 2.09. The van der Waals surface area contributed by atoms with E-state index in [-0.39, 0.29) is 0 Å². The summed E-state index contributed by atoms with van der Waals surface area (Å²) >= 11 is 0. The third-order valence-electron chi connectivity index (χ3n) is 5.53. The number of aliphatic hydroxyl groups is 1. The molecule has 4 nitrogen and oxygen atoms in total. The summed E-state index contributed by atoms with van der Waals surface area (Å²) in [6, 6.07) is 35.5. The average Bonchev–Trinajstić information content (AvgIpc) is 2.92. The molecule has 4 rings (SSSR count). The number of benzene rings is 4. The molecular weight excluding hydrogens is 441 g/mol. The molecule has 0 radical (unpaired) electrons. The Morgan fingerprint density at radius 3 is 1.65 bits per heavy atom. The fourth-order valence-corrected chi connectivity index (χ4v) is 6.15. The van der Waals surface area contributed by atoms with Gasteiger partial charge < -0.3 is 5.11 Å². The largest absolute Gasteiger partial charge is 0.383 e. The Kier molecular flexibility index (Phi) is 7.66. The van der Waals surface area contributed by atoms with E-state index in [1.54, 1.807) is 54.6 Å².